The first-order valence-electron chi connectivity index (χ1n) is 3.81. The van der Waals surface area contributed by atoms with E-state index in [4.69, 9.17) is 0 Å². The number of likely N-dealkylation sites (N-methyl/N-ethyl adjacent to an activating group) is 1. The van der Waals surface area contributed by atoms with Crippen LogP contribution in [0.3, 0.4) is 0 Å². The predicted octanol–water partition coefficient (Wildman–Crippen LogP) is -0.0170. The van der Waals surface area contributed by atoms with Crippen molar-refractivity contribution in [3.05, 3.63) is 0 Å². The molecule has 4 nitrogen and oxygen atoms in total. The summed E-state index contributed by atoms with van der Waals surface area (Å²) in [5.74, 6) is 1.52. The minimum atomic E-state index is -0.555. The Kier molecular flexibility index (Phi) is 5.98. The standard InChI is InChI=1S/C8H11BrN2O2/c1-3-10-8(13)6(2)11-7(12)4-5-9/h6H,3H2,1-2H3,(H,10,13)(H,11,12). The van der Waals surface area contributed by atoms with E-state index in [-0.39, 0.29) is 5.91 Å². The lowest BCUT2D eigenvalue weighted by molar-refractivity contribution is -0.126. The molecule has 0 rings (SSSR count). The van der Waals surface area contributed by atoms with Gasteiger partial charge in [-0.25, -0.2) is 0 Å². The summed E-state index contributed by atoms with van der Waals surface area (Å²) in [5.41, 5.74) is 0. The Morgan fingerprint density at radius 1 is 1.54 bits per heavy atom. The molecule has 1 unspecified atom stereocenters. The van der Waals surface area contributed by atoms with Gasteiger partial charge in [-0.2, -0.15) is 0 Å². The highest BCUT2D eigenvalue weighted by molar-refractivity contribution is 9.12. The smallest absolute Gasteiger partial charge is 0.297 e. The van der Waals surface area contributed by atoms with Crippen molar-refractivity contribution in [2.75, 3.05) is 6.54 Å². The zero-order valence-electron chi connectivity index (χ0n) is 7.48. The Bertz CT molecular complexity index is 255. The summed E-state index contributed by atoms with van der Waals surface area (Å²) in [5, 5.41) is 4.99. The molecule has 0 saturated heterocycles. The Morgan fingerprint density at radius 3 is 2.62 bits per heavy atom. The Balaban J connectivity index is 3.97. The van der Waals surface area contributed by atoms with Crippen molar-refractivity contribution >= 4 is 27.7 Å². The van der Waals surface area contributed by atoms with Gasteiger partial charge in [-0.05, 0) is 18.7 Å². The summed E-state index contributed by atoms with van der Waals surface area (Å²) in [6, 6.07) is -0.555. The summed E-state index contributed by atoms with van der Waals surface area (Å²) in [6.45, 7) is 3.95. The van der Waals surface area contributed by atoms with Crippen LogP contribution in [0.4, 0.5) is 0 Å². The van der Waals surface area contributed by atoms with Crippen molar-refractivity contribution in [2.45, 2.75) is 19.9 Å². The molecule has 0 heterocycles. The van der Waals surface area contributed by atoms with Gasteiger partial charge in [0.05, 0.1) is 0 Å². The Labute approximate surface area is 85.6 Å². The molecule has 13 heavy (non-hydrogen) atoms. The quantitative estimate of drug-likeness (QED) is 0.689. The molecule has 0 bridgehead atoms. The van der Waals surface area contributed by atoms with Gasteiger partial charge in [-0.1, -0.05) is 0 Å². The van der Waals surface area contributed by atoms with Gasteiger partial charge in [0, 0.05) is 28.4 Å². The monoisotopic (exact) mass is 246 g/mol. The van der Waals surface area contributed by atoms with E-state index >= 15 is 0 Å². The number of amides is 2. The number of halogens is 1. The highest BCUT2D eigenvalue weighted by Crippen LogP contribution is 1.81. The zero-order valence-corrected chi connectivity index (χ0v) is 9.06. The van der Waals surface area contributed by atoms with Crippen LogP contribution in [0.2, 0.25) is 0 Å². The first-order valence-corrected chi connectivity index (χ1v) is 4.61. The third kappa shape index (κ3) is 5.26. The van der Waals surface area contributed by atoms with Crippen molar-refractivity contribution in [2.24, 2.45) is 0 Å². The number of rotatable bonds is 3. The van der Waals surface area contributed by atoms with Crippen molar-refractivity contribution in [1.82, 2.24) is 10.6 Å². The molecule has 2 N–H and O–H groups in total. The minimum Gasteiger partial charge on any atom is -0.355 e. The van der Waals surface area contributed by atoms with Crippen LogP contribution in [-0.4, -0.2) is 24.4 Å². The lowest BCUT2D eigenvalue weighted by Crippen LogP contribution is -2.44. The molecule has 5 heteroatoms. The predicted molar refractivity (Wildman–Crippen MR) is 53.0 cm³/mol. The topological polar surface area (TPSA) is 58.2 Å². The molecule has 0 aliphatic heterocycles. The van der Waals surface area contributed by atoms with Crippen LogP contribution < -0.4 is 10.6 Å². The highest BCUT2D eigenvalue weighted by atomic mass is 79.9. The second-order valence-corrected chi connectivity index (χ2v) is 2.71. The summed E-state index contributed by atoms with van der Waals surface area (Å²) in [7, 11) is 0. The zero-order chi connectivity index (χ0) is 10.3. The van der Waals surface area contributed by atoms with E-state index in [9.17, 15) is 9.59 Å². The van der Waals surface area contributed by atoms with E-state index in [1.165, 1.54) is 0 Å². The van der Waals surface area contributed by atoms with Gasteiger partial charge in [-0.15, -0.1) is 0 Å². The number of carbonyl (C=O) groups excluding carboxylic acids is 2. The fourth-order valence-electron chi connectivity index (χ4n) is 0.669. The van der Waals surface area contributed by atoms with E-state index in [2.05, 4.69) is 37.3 Å². The maximum absolute atomic E-state index is 11.1. The number of nitrogens with one attached hydrogen (secondary N) is 2. The van der Waals surface area contributed by atoms with Gasteiger partial charge in [0.25, 0.3) is 5.91 Å². The van der Waals surface area contributed by atoms with Crippen LogP contribution in [-0.2, 0) is 9.59 Å². The van der Waals surface area contributed by atoms with Crippen molar-refractivity contribution in [3.8, 4) is 10.8 Å². The number of hydrogen-bond acceptors (Lipinski definition) is 2. The Morgan fingerprint density at radius 2 is 2.15 bits per heavy atom. The lowest BCUT2D eigenvalue weighted by atomic mass is 10.3. The third-order valence-electron chi connectivity index (χ3n) is 1.25. The lowest BCUT2D eigenvalue weighted by Gasteiger charge is -2.10. The summed E-state index contributed by atoms with van der Waals surface area (Å²) in [4.78, 5) is 24.2. The molecular weight excluding hydrogens is 236 g/mol. The van der Waals surface area contributed by atoms with Gasteiger partial charge >= 0.3 is 0 Å². The molecule has 0 radical (unpaired) electrons. The summed E-state index contributed by atoms with van der Waals surface area (Å²) >= 11 is 2.79. The second kappa shape index (κ2) is 6.49. The van der Waals surface area contributed by atoms with E-state index in [1.807, 2.05) is 6.92 Å². The van der Waals surface area contributed by atoms with Crippen LogP contribution in [0.1, 0.15) is 13.8 Å². The molecule has 2 amide bonds. The molecule has 0 fully saturated rings. The average molecular weight is 247 g/mol. The fourth-order valence-corrected chi connectivity index (χ4v) is 0.849. The van der Waals surface area contributed by atoms with Crippen molar-refractivity contribution < 1.29 is 9.59 Å². The van der Waals surface area contributed by atoms with E-state index in [0.717, 1.165) is 0 Å². The normalized spacial score (nSPS) is 10.7. The van der Waals surface area contributed by atoms with Gasteiger partial charge in [0.1, 0.15) is 6.04 Å². The summed E-state index contributed by atoms with van der Waals surface area (Å²) < 4.78 is 0. The first kappa shape index (κ1) is 12.0. The molecule has 0 aromatic carbocycles. The molecule has 0 aliphatic carbocycles. The molecule has 1 atom stereocenters. The maximum atomic E-state index is 11.1. The highest BCUT2D eigenvalue weighted by Gasteiger charge is 2.12. The van der Waals surface area contributed by atoms with E-state index in [0.29, 0.717) is 6.54 Å². The third-order valence-corrected chi connectivity index (χ3v) is 1.45. The molecule has 0 aromatic heterocycles. The number of carbonyl (C=O) groups is 2. The van der Waals surface area contributed by atoms with E-state index in [1.54, 1.807) is 6.92 Å². The molecule has 0 saturated carbocycles. The van der Waals surface area contributed by atoms with Crippen LogP contribution in [0.15, 0.2) is 0 Å². The minimum absolute atomic E-state index is 0.216. The second-order valence-electron chi connectivity index (χ2n) is 2.31. The maximum Gasteiger partial charge on any atom is 0.297 e. The summed E-state index contributed by atoms with van der Waals surface area (Å²) in [6.07, 6.45) is 0. The van der Waals surface area contributed by atoms with Gasteiger partial charge in [0.15, 0.2) is 0 Å². The van der Waals surface area contributed by atoms with Crippen molar-refractivity contribution in [1.29, 1.82) is 0 Å². The molecule has 0 aliphatic rings. The number of hydrogen-bond donors (Lipinski definition) is 2. The SMILES string of the molecule is CCNC(=O)C(C)NC(=O)C#CBr. The van der Waals surface area contributed by atoms with Crippen LogP contribution in [0.5, 0.6) is 0 Å². The van der Waals surface area contributed by atoms with Crippen LogP contribution >= 0.6 is 15.9 Å². The molecule has 72 valence electrons. The Hall–Kier alpha value is -1.02. The molecule has 0 aromatic rings. The van der Waals surface area contributed by atoms with Gasteiger partial charge in [0.2, 0.25) is 5.91 Å². The van der Waals surface area contributed by atoms with Crippen molar-refractivity contribution in [3.63, 3.8) is 0 Å². The van der Waals surface area contributed by atoms with E-state index < -0.39 is 11.9 Å². The fraction of sp³-hybridized carbons (Fsp3) is 0.500. The first-order chi connectivity index (χ1) is 6.11. The van der Waals surface area contributed by atoms with Gasteiger partial charge < -0.3 is 10.6 Å². The molecule has 0 spiro atoms. The van der Waals surface area contributed by atoms with Crippen LogP contribution in [0.25, 0.3) is 0 Å². The largest absolute Gasteiger partial charge is 0.355 e. The average Bonchev–Trinajstić information content (AvgIpc) is 2.05. The molecular formula is C8H11BrN2O2. The van der Waals surface area contributed by atoms with Crippen LogP contribution in [0, 0.1) is 10.8 Å². The van der Waals surface area contributed by atoms with Gasteiger partial charge in [-0.3, -0.25) is 9.59 Å².